The molecule has 0 bridgehead atoms. The molecule has 1 aromatic carbocycles. The third kappa shape index (κ3) is 3.64. The first-order valence-electron chi connectivity index (χ1n) is 7.79. The second kappa shape index (κ2) is 7.36. The Labute approximate surface area is 150 Å². The van der Waals surface area contributed by atoms with Gasteiger partial charge in [-0.1, -0.05) is 23.7 Å². The normalized spacial score (nSPS) is 11.2. The fraction of sp³-hybridized carbons (Fsp3) is 0.167. The van der Waals surface area contributed by atoms with Gasteiger partial charge in [-0.25, -0.2) is 10.4 Å². The van der Waals surface area contributed by atoms with E-state index in [4.69, 9.17) is 16.3 Å². The number of ether oxygens (including phenoxy) is 1. The number of carbonyl (C=O) groups is 1. The number of aromatic nitrogens is 2. The summed E-state index contributed by atoms with van der Waals surface area (Å²) >= 11 is 6.01. The summed E-state index contributed by atoms with van der Waals surface area (Å²) in [6.45, 7) is 4.23. The van der Waals surface area contributed by atoms with Crippen molar-refractivity contribution in [1.29, 1.82) is 0 Å². The van der Waals surface area contributed by atoms with Crippen LogP contribution < -0.4 is 10.2 Å². The first-order valence-corrected chi connectivity index (χ1v) is 8.17. The van der Waals surface area contributed by atoms with E-state index in [-0.39, 0.29) is 5.91 Å². The topological polar surface area (TPSA) is 68.0 Å². The summed E-state index contributed by atoms with van der Waals surface area (Å²) < 4.78 is 7.17. The van der Waals surface area contributed by atoms with Crippen LogP contribution in [0.3, 0.4) is 0 Å². The number of halogens is 1. The van der Waals surface area contributed by atoms with Gasteiger partial charge in [0.2, 0.25) is 0 Å². The third-order valence-corrected chi connectivity index (χ3v) is 3.78. The molecule has 0 aliphatic heterocycles. The highest BCUT2D eigenvalue weighted by atomic mass is 35.5. The van der Waals surface area contributed by atoms with Crippen molar-refractivity contribution in [2.24, 2.45) is 5.10 Å². The molecule has 0 fully saturated rings. The van der Waals surface area contributed by atoms with Crippen molar-refractivity contribution in [3.63, 3.8) is 0 Å². The number of hydrogen-bond acceptors (Lipinski definition) is 4. The van der Waals surface area contributed by atoms with Gasteiger partial charge in [-0.3, -0.25) is 9.20 Å². The molecule has 0 saturated heterocycles. The van der Waals surface area contributed by atoms with E-state index in [1.54, 1.807) is 35.9 Å². The fourth-order valence-electron chi connectivity index (χ4n) is 2.50. The second-order valence-corrected chi connectivity index (χ2v) is 5.73. The summed E-state index contributed by atoms with van der Waals surface area (Å²) in [6, 6.07) is 11.0. The summed E-state index contributed by atoms with van der Waals surface area (Å²) in [6.07, 6.45) is 3.20. The smallest absolute Gasteiger partial charge is 0.290 e. The number of imidazole rings is 1. The molecule has 2 aromatic heterocycles. The molecule has 128 valence electrons. The number of benzene rings is 1. The number of aryl methyl sites for hydroxylation is 1. The summed E-state index contributed by atoms with van der Waals surface area (Å²) in [5.74, 6) is 0.346. The minimum absolute atomic E-state index is 0.364. The van der Waals surface area contributed by atoms with Crippen molar-refractivity contribution in [1.82, 2.24) is 14.8 Å². The molecular formula is C18H17ClN4O2. The highest BCUT2D eigenvalue weighted by Crippen LogP contribution is 2.17. The van der Waals surface area contributed by atoms with E-state index >= 15 is 0 Å². The minimum atomic E-state index is -0.364. The minimum Gasteiger partial charge on any atom is -0.493 e. The quantitative estimate of drug-likeness (QED) is 0.562. The fourth-order valence-corrected chi connectivity index (χ4v) is 2.66. The largest absolute Gasteiger partial charge is 0.493 e. The van der Waals surface area contributed by atoms with Gasteiger partial charge in [-0.2, -0.15) is 5.10 Å². The predicted octanol–water partition coefficient (Wildman–Crippen LogP) is 3.46. The summed E-state index contributed by atoms with van der Waals surface area (Å²) in [5, 5.41) is 4.55. The highest BCUT2D eigenvalue weighted by molar-refractivity contribution is 6.30. The molecule has 0 aliphatic rings. The molecule has 1 N–H and O–H groups in total. The van der Waals surface area contributed by atoms with Gasteiger partial charge in [-0.15, -0.1) is 0 Å². The lowest BCUT2D eigenvalue weighted by atomic mass is 10.2. The molecule has 3 aromatic rings. The van der Waals surface area contributed by atoms with Crippen LogP contribution in [0.25, 0.3) is 5.65 Å². The Balaban J connectivity index is 1.82. The number of fused-ring (bicyclic) bond motifs is 1. The number of carbonyl (C=O) groups excluding carboxylic acids is 1. The zero-order valence-corrected chi connectivity index (χ0v) is 14.6. The van der Waals surface area contributed by atoms with E-state index in [2.05, 4.69) is 15.5 Å². The second-order valence-electron chi connectivity index (χ2n) is 5.29. The monoisotopic (exact) mass is 356 g/mol. The van der Waals surface area contributed by atoms with E-state index in [1.165, 1.54) is 0 Å². The number of hydrazone groups is 1. The Bertz CT molecular complexity index is 949. The zero-order valence-electron chi connectivity index (χ0n) is 13.9. The lowest BCUT2D eigenvalue weighted by Gasteiger charge is -2.06. The van der Waals surface area contributed by atoms with Crippen molar-refractivity contribution < 1.29 is 9.53 Å². The Morgan fingerprint density at radius 3 is 2.96 bits per heavy atom. The zero-order chi connectivity index (χ0) is 17.8. The number of amides is 1. The van der Waals surface area contributed by atoms with Crippen molar-refractivity contribution in [2.45, 2.75) is 13.8 Å². The first kappa shape index (κ1) is 17.0. The molecular weight excluding hydrogens is 340 g/mol. The Hall–Kier alpha value is -2.86. The Morgan fingerprint density at radius 2 is 2.16 bits per heavy atom. The van der Waals surface area contributed by atoms with Gasteiger partial charge in [0.15, 0.2) is 0 Å². The van der Waals surface area contributed by atoms with Crippen LogP contribution in [-0.4, -0.2) is 28.1 Å². The number of pyridine rings is 1. The van der Waals surface area contributed by atoms with Gasteiger partial charge in [0.25, 0.3) is 5.91 Å². The third-order valence-electron chi connectivity index (χ3n) is 3.56. The van der Waals surface area contributed by atoms with Crippen LogP contribution in [0.5, 0.6) is 5.75 Å². The molecule has 7 heteroatoms. The maximum atomic E-state index is 12.5. The Morgan fingerprint density at radius 1 is 1.36 bits per heavy atom. The van der Waals surface area contributed by atoms with Crippen LogP contribution in [-0.2, 0) is 0 Å². The number of rotatable bonds is 5. The SMILES string of the molecule is CCOc1ccccc1/C=N/NC(=O)c1c(C)nc2ccc(Cl)cn12. The molecule has 0 unspecified atom stereocenters. The maximum absolute atomic E-state index is 12.5. The van der Waals surface area contributed by atoms with Crippen LogP contribution in [0.4, 0.5) is 0 Å². The van der Waals surface area contributed by atoms with Crippen molar-refractivity contribution >= 4 is 29.4 Å². The van der Waals surface area contributed by atoms with Crippen molar-refractivity contribution in [3.05, 3.63) is 64.6 Å². The molecule has 6 nitrogen and oxygen atoms in total. The molecule has 25 heavy (non-hydrogen) atoms. The van der Waals surface area contributed by atoms with E-state index in [0.717, 1.165) is 5.56 Å². The maximum Gasteiger partial charge on any atom is 0.290 e. The molecule has 0 aliphatic carbocycles. The predicted molar refractivity (Wildman–Crippen MR) is 97.6 cm³/mol. The van der Waals surface area contributed by atoms with Gasteiger partial charge in [0.1, 0.15) is 17.1 Å². The van der Waals surface area contributed by atoms with Gasteiger partial charge in [0.05, 0.1) is 23.5 Å². The van der Waals surface area contributed by atoms with E-state index < -0.39 is 0 Å². The molecule has 1 amide bonds. The number of hydrogen-bond donors (Lipinski definition) is 1. The van der Waals surface area contributed by atoms with Crippen molar-refractivity contribution in [2.75, 3.05) is 6.61 Å². The standard InChI is InChI=1S/C18H17ClN4O2/c1-3-25-15-7-5-4-6-13(15)10-20-22-18(24)17-12(2)21-16-9-8-14(19)11-23(16)17/h4-11H,3H2,1-2H3,(H,22,24)/b20-10+. The molecule has 0 saturated carbocycles. The van der Waals surface area contributed by atoms with Gasteiger partial charge in [-0.05, 0) is 38.1 Å². The number of nitrogens with zero attached hydrogens (tertiary/aromatic N) is 3. The van der Waals surface area contributed by atoms with Crippen LogP contribution in [0, 0.1) is 6.92 Å². The Kier molecular flexibility index (Phi) is 5.00. The van der Waals surface area contributed by atoms with Crippen LogP contribution in [0.2, 0.25) is 5.02 Å². The lowest BCUT2D eigenvalue weighted by molar-refractivity contribution is 0.0948. The van der Waals surface area contributed by atoms with Crippen molar-refractivity contribution in [3.8, 4) is 5.75 Å². The van der Waals surface area contributed by atoms with Crippen LogP contribution in [0.1, 0.15) is 28.7 Å². The summed E-state index contributed by atoms with van der Waals surface area (Å²) in [5.41, 5.74) is 4.95. The average Bonchev–Trinajstić information content (AvgIpc) is 2.91. The average molecular weight is 357 g/mol. The molecule has 0 atom stereocenters. The first-order chi connectivity index (χ1) is 12.1. The van der Waals surface area contributed by atoms with E-state index in [9.17, 15) is 4.79 Å². The molecule has 0 spiro atoms. The van der Waals surface area contributed by atoms with E-state index in [0.29, 0.717) is 34.4 Å². The van der Waals surface area contributed by atoms with Crippen LogP contribution >= 0.6 is 11.6 Å². The number of para-hydroxylation sites is 1. The van der Waals surface area contributed by atoms with E-state index in [1.807, 2.05) is 31.2 Å². The van der Waals surface area contributed by atoms with Gasteiger partial charge in [0, 0.05) is 11.8 Å². The molecule has 2 heterocycles. The van der Waals surface area contributed by atoms with Gasteiger partial charge < -0.3 is 4.74 Å². The molecule has 3 rings (SSSR count). The van der Waals surface area contributed by atoms with Crippen LogP contribution in [0.15, 0.2) is 47.7 Å². The van der Waals surface area contributed by atoms with Gasteiger partial charge >= 0.3 is 0 Å². The number of nitrogens with one attached hydrogen (secondary N) is 1. The highest BCUT2D eigenvalue weighted by Gasteiger charge is 2.16. The lowest BCUT2D eigenvalue weighted by Crippen LogP contribution is -2.20. The molecule has 0 radical (unpaired) electrons. The summed E-state index contributed by atoms with van der Waals surface area (Å²) in [4.78, 5) is 16.8. The summed E-state index contributed by atoms with van der Waals surface area (Å²) in [7, 11) is 0.